The second-order valence-corrected chi connectivity index (χ2v) is 11.0. The van der Waals surface area contributed by atoms with Crippen LogP contribution < -0.4 is 11.1 Å². The number of likely N-dealkylation sites (tertiary alicyclic amines) is 1. The van der Waals surface area contributed by atoms with Gasteiger partial charge in [0.15, 0.2) is 0 Å². The van der Waals surface area contributed by atoms with E-state index in [1.807, 2.05) is 13.8 Å². The molecule has 2 unspecified atom stereocenters. The Morgan fingerprint density at radius 2 is 1.88 bits per heavy atom. The molecule has 1 saturated heterocycles. The maximum absolute atomic E-state index is 13.3. The Kier molecular flexibility index (Phi) is 10.1. The molecule has 34 heavy (non-hydrogen) atoms. The van der Waals surface area contributed by atoms with Gasteiger partial charge in [-0.3, -0.25) is 14.4 Å². The van der Waals surface area contributed by atoms with Crippen molar-refractivity contribution in [3.8, 4) is 0 Å². The smallest absolute Gasteiger partial charge is 0.251 e. The molecule has 1 aromatic carbocycles. The van der Waals surface area contributed by atoms with E-state index in [0.717, 1.165) is 12.8 Å². The molecule has 1 fully saturated rings. The van der Waals surface area contributed by atoms with Gasteiger partial charge in [0.2, 0.25) is 21.8 Å². The van der Waals surface area contributed by atoms with Crippen molar-refractivity contribution >= 4 is 27.7 Å². The van der Waals surface area contributed by atoms with Crippen LogP contribution in [0.15, 0.2) is 29.2 Å². The summed E-state index contributed by atoms with van der Waals surface area (Å²) in [5, 5.41) is 2.82. The zero-order chi connectivity index (χ0) is 25.5. The third-order valence-corrected chi connectivity index (χ3v) is 8.33. The molecular formula is C24H38N4O5S. The molecule has 3 amide bonds. The number of hydrogen-bond donors (Lipinski definition) is 2. The molecule has 0 saturated carbocycles. The number of amides is 3. The fraction of sp³-hybridized carbons (Fsp3) is 0.625. The first-order valence-corrected chi connectivity index (χ1v) is 13.4. The van der Waals surface area contributed by atoms with E-state index < -0.39 is 22.0 Å². The van der Waals surface area contributed by atoms with Crippen LogP contribution in [0.3, 0.4) is 0 Å². The summed E-state index contributed by atoms with van der Waals surface area (Å²) in [6, 6.07) is 5.15. The van der Waals surface area contributed by atoms with Gasteiger partial charge < -0.3 is 16.0 Å². The number of rotatable bonds is 11. The number of benzene rings is 1. The zero-order valence-electron chi connectivity index (χ0n) is 20.6. The third-order valence-electron chi connectivity index (χ3n) is 6.29. The summed E-state index contributed by atoms with van der Waals surface area (Å²) in [5.74, 6) is -0.966. The molecule has 10 heteroatoms. The van der Waals surface area contributed by atoms with E-state index in [-0.39, 0.29) is 34.1 Å². The van der Waals surface area contributed by atoms with Crippen molar-refractivity contribution in [3.05, 3.63) is 29.8 Å². The van der Waals surface area contributed by atoms with Crippen LogP contribution in [0.4, 0.5) is 0 Å². The van der Waals surface area contributed by atoms with Crippen LogP contribution in [-0.2, 0) is 19.6 Å². The number of nitrogens with zero attached hydrogens (tertiary/aromatic N) is 2. The first-order chi connectivity index (χ1) is 16.0. The van der Waals surface area contributed by atoms with Gasteiger partial charge in [0.05, 0.1) is 4.90 Å². The molecule has 0 radical (unpaired) electrons. The lowest BCUT2D eigenvalue weighted by Crippen LogP contribution is -2.53. The molecule has 2 rings (SSSR count). The van der Waals surface area contributed by atoms with Crippen molar-refractivity contribution in [3.63, 3.8) is 0 Å². The Bertz CT molecular complexity index is 975. The van der Waals surface area contributed by atoms with Crippen LogP contribution in [0, 0.1) is 11.8 Å². The highest BCUT2D eigenvalue weighted by Crippen LogP contribution is 2.23. The van der Waals surface area contributed by atoms with E-state index in [1.54, 1.807) is 24.8 Å². The average Bonchev–Trinajstić information content (AvgIpc) is 2.81. The molecule has 0 bridgehead atoms. The van der Waals surface area contributed by atoms with Crippen molar-refractivity contribution in [2.24, 2.45) is 17.6 Å². The fourth-order valence-corrected chi connectivity index (χ4v) is 5.80. The number of primary amides is 1. The maximum atomic E-state index is 13.3. The minimum absolute atomic E-state index is 0.0459. The zero-order valence-corrected chi connectivity index (χ0v) is 21.4. The molecule has 1 heterocycles. The summed E-state index contributed by atoms with van der Waals surface area (Å²) in [5.41, 5.74) is 5.45. The van der Waals surface area contributed by atoms with Crippen molar-refractivity contribution in [1.29, 1.82) is 0 Å². The minimum atomic E-state index is -3.71. The Morgan fingerprint density at radius 1 is 1.21 bits per heavy atom. The third kappa shape index (κ3) is 7.02. The van der Waals surface area contributed by atoms with Crippen LogP contribution in [-0.4, -0.2) is 67.6 Å². The van der Waals surface area contributed by atoms with Crippen LogP contribution in [0.25, 0.3) is 0 Å². The standard InChI is InChI=1S/C24H38N4O5S/c1-5-28(6-2)34(32,33)20-11-7-10-19(15-20)23(30)26-22(17(3)4)24(31)27-14-8-9-18(16-27)12-13-21(25)29/h7,10-11,15,17-18,22H,5-6,8-9,12-14,16H2,1-4H3,(H2,25,29)(H,26,30). The summed E-state index contributed by atoms with van der Waals surface area (Å²) in [6.45, 7) is 9.03. The van der Waals surface area contributed by atoms with E-state index in [1.165, 1.54) is 22.5 Å². The van der Waals surface area contributed by atoms with Crippen LogP contribution in [0.5, 0.6) is 0 Å². The highest BCUT2D eigenvalue weighted by atomic mass is 32.2. The molecule has 1 aliphatic rings. The summed E-state index contributed by atoms with van der Waals surface area (Å²) >= 11 is 0. The Balaban J connectivity index is 2.16. The molecule has 1 aromatic rings. The molecule has 2 atom stereocenters. The number of carbonyl (C=O) groups excluding carboxylic acids is 3. The predicted molar refractivity (Wildman–Crippen MR) is 130 cm³/mol. The SMILES string of the molecule is CCN(CC)S(=O)(=O)c1cccc(C(=O)NC(C(=O)N2CCCC(CCC(N)=O)C2)C(C)C)c1. The highest BCUT2D eigenvalue weighted by Gasteiger charge is 2.32. The first-order valence-electron chi connectivity index (χ1n) is 12.0. The monoisotopic (exact) mass is 494 g/mol. The van der Waals surface area contributed by atoms with Gasteiger partial charge in [0.25, 0.3) is 5.91 Å². The van der Waals surface area contributed by atoms with Gasteiger partial charge in [-0.1, -0.05) is 33.8 Å². The Hall–Kier alpha value is -2.46. The summed E-state index contributed by atoms with van der Waals surface area (Å²) < 4.78 is 27.0. The Morgan fingerprint density at radius 3 is 2.47 bits per heavy atom. The molecule has 0 aromatic heterocycles. The van der Waals surface area contributed by atoms with Gasteiger partial charge in [-0.2, -0.15) is 4.31 Å². The molecule has 190 valence electrons. The molecule has 1 aliphatic heterocycles. The summed E-state index contributed by atoms with van der Waals surface area (Å²) in [6.07, 6.45) is 2.71. The van der Waals surface area contributed by atoms with Gasteiger partial charge >= 0.3 is 0 Å². The van der Waals surface area contributed by atoms with E-state index >= 15 is 0 Å². The number of hydrogen-bond acceptors (Lipinski definition) is 5. The van der Waals surface area contributed by atoms with Crippen LogP contribution >= 0.6 is 0 Å². The number of carbonyl (C=O) groups is 3. The summed E-state index contributed by atoms with van der Waals surface area (Å²) in [4.78, 5) is 39.3. The van der Waals surface area contributed by atoms with E-state index in [4.69, 9.17) is 5.73 Å². The van der Waals surface area contributed by atoms with Gasteiger partial charge in [0, 0.05) is 38.2 Å². The number of nitrogens with one attached hydrogen (secondary N) is 1. The van der Waals surface area contributed by atoms with E-state index in [0.29, 0.717) is 39.0 Å². The van der Waals surface area contributed by atoms with Gasteiger partial charge in [-0.05, 0) is 49.3 Å². The highest BCUT2D eigenvalue weighted by molar-refractivity contribution is 7.89. The van der Waals surface area contributed by atoms with Crippen molar-refractivity contribution in [1.82, 2.24) is 14.5 Å². The first kappa shape index (κ1) is 27.8. The lowest BCUT2D eigenvalue weighted by molar-refractivity contribution is -0.136. The van der Waals surface area contributed by atoms with Gasteiger partial charge in [0.1, 0.15) is 6.04 Å². The number of nitrogens with two attached hydrogens (primary N) is 1. The number of piperidine rings is 1. The summed E-state index contributed by atoms with van der Waals surface area (Å²) in [7, 11) is -3.71. The predicted octanol–water partition coefficient (Wildman–Crippen LogP) is 1.98. The second-order valence-electron chi connectivity index (χ2n) is 9.11. The van der Waals surface area contributed by atoms with Crippen molar-refractivity contribution in [2.45, 2.75) is 64.3 Å². The average molecular weight is 495 g/mol. The van der Waals surface area contributed by atoms with Crippen LogP contribution in [0.1, 0.15) is 63.7 Å². The van der Waals surface area contributed by atoms with Crippen LogP contribution in [0.2, 0.25) is 0 Å². The lowest BCUT2D eigenvalue weighted by atomic mass is 9.92. The second kappa shape index (κ2) is 12.3. The quantitative estimate of drug-likeness (QED) is 0.486. The molecule has 3 N–H and O–H groups in total. The van der Waals surface area contributed by atoms with Gasteiger partial charge in [-0.25, -0.2) is 8.42 Å². The van der Waals surface area contributed by atoms with Crippen molar-refractivity contribution < 1.29 is 22.8 Å². The Labute approximate surface area is 203 Å². The normalized spacial score (nSPS) is 17.6. The molecule has 9 nitrogen and oxygen atoms in total. The molecular weight excluding hydrogens is 456 g/mol. The van der Waals surface area contributed by atoms with Gasteiger partial charge in [-0.15, -0.1) is 0 Å². The van der Waals surface area contributed by atoms with E-state index in [9.17, 15) is 22.8 Å². The van der Waals surface area contributed by atoms with E-state index in [2.05, 4.69) is 5.32 Å². The minimum Gasteiger partial charge on any atom is -0.370 e. The molecule has 0 aliphatic carbocycles. The fourth-order valence-electron chi connectivity index (χ4n) is 4.29. The lowest BCUT2D eigenvalue weighted by Gasteiger charge is -2.36. The largest absolute Gasteiger partial charge is 0.370 e. The maximum Gasteiger partial charge on any atom is 0.251 e. The number of sulfonamides is 1. The molecule has 0 spiro atoms. The van der Waals surface area contributed by atoms with Crippen molar-refractivity contribution in [2.75, 3.05) is 26.2 Å². The topological polar surface area (TPSA) is 130 Å².